The van der Waals surface area contributed by atoms with Gasteiger partial charge in [-0.3, -0.25) is 19.4 Å². The van der Waals surface area contributed by atoms with Crippen LogP contribution in [0.15, 0.2) is 48.9 Å². The van der Waals surface area contributed by atoms with E-state index in [0.717, 1.165) is 0 Å². The fourth-order valence-electron chi connectivity index (χ4n) is 3.47. The summed E-state index contributed by atoms with van der Waals surface area (Å²) in [7, 11) is 3.28. The number of benzene rings is 1. The standard InChI is InChI=1S/C25H26N6O5/c1-15-12-29-21(14-27-15)30-22(32)16-9-18(11-19(10-16)36-25(2)7-8-26-24(25)34)35-17-5-6-20(28-13-17)23(33)31(3)4/h5-6,9-14H,7-8H2,1-4H3,(H,26,34)(H,29,30,32)/t25-/m0/s1. The molecule has 11 nitrogen and oxygen atoms in total. The minimum Gasteiger partial charge on any atom is -0.478 e. The summed E-state index contributed by atoms with van der Waals surface area (Å²) in [5.41, 5.74) is 0.127. The number of rotatable bonds is 7. The van der Waals surface area contributed by atoms with Gasteiger partial charge in [0, 0.05) is 38.7 Å². The Balaban J connectivity index is 1.62. The lowest BCUT2D eigenvalue weighted by molar-refractivity contribution is -0.131. The smallest absolute Gasteiger partial charge is 0.271 e. The molecule has 36 heavy (non-hydrogen) atoms. The maximum atomic E-state index is 13.0. The number of carbonyl (C=O) groups is 3. The van der Waals surface area contributed by atoms with E-state index in [9.17, 15) is 14.4 Å². The number of hydrogen-bond donors (Lipinski definition) is 2. The van der Waals surface area contributed by atoms with Gasteiger partial charge in [0.1, 0.15) is 22.9 Å². The van der Waals surface area contributed by atoms with Crippen LogP contribution in [-0.2, 0) is 4.79 Å². The number of pyridine rings is 1. The van der Waals surface area contributed by atoms with E-state index in [1.165, 1.54) is 29.4 Å². The minimum atomic E-state index is -1.08. The Labute approximate surface area is 207 Å². The van der Waals surface area contributed by atoms with E-state index in [2.05, 4.69) is 25.6 Å². The summed E-state index contributed by atoms with van der Waals surface area (Å²) in [4.78, 5) is 51.2. The summed E-state index contributed by atoms with van der Waals surface area (Å²) >= 11 is 0. The number of aromatic nitrogens is 3. The highest BCUT2D eigenvalue weighted by molar-refractivity contribution is 6.04. The molecule has 2 aromatic heterocycles. The molecule has 1 atom stereocenters. The molecule has 1 aromatic carbocycles. The molecule has 0 spiro atoms. The SMILES string of the molecule is Cc1cnc(NC(=O)c2cc(Oc3ccc(C(=O)N(C)C)nc3)cc(O[C@@]3(C)CCNC3=O)c2)cn1. The Kier molecular flexibility index (Phi) is 6.82. The van der Waals surface area contributed by atoms with E-state index in [4.69, 9.17) is 9.47 Å². The van der Waals surface area contributed by atoms with Gasteiger partial charge in [-0.05, 0) is 38.1 Å². The number of nitrogens with one attached hydrogen (secondary N) is 2. The average molecular weight is 491 g/mol. The predicted molar refractivity (Wildman–Crippen MR) is 130 cm³/mol. The van der Waals surface area contributed by atoms with E-state index in [1.807, 2.05) is 0 Å². The van der Waals surface area contributed by atoms with Crippen LogP contribution in [0.4, 0.5) is 5.82 Å². The average Bonchev–Trinajstić information content (AvgIpc) is 3.17. The second kappa shape index (κ2) is 9.98. The first-order valence-electron chi connectivity index (χ1n) is 11.2. The van der Waals surface area contributed by atoms with Crippen LogP contribution in [0.3, 0.4) is 0 Å². The van der Waals surface area contributed by atoms with Crippen LogP contribution in [0.1, 0.15) is 39.9 Å². The molecule has 0 bridgehead atoms. The number of amides is 3. The van der Waals surface area contributed by atoms with Crippen molar-refractivity contribution in [3.63, 3.8) is 0 Å². The van der Waals surface area contributed by atoms with Crippen LogP contribution in [0.2, 0.25) is 0 Å². The first-order valence-corrected chi connectivity index (χ1v) is 11.2. The number of carbonyl (C=O) groups excluding carboxylic acids is 3. The molecule has 186 valence electrons. The van der Waals surface area contributed by atoms with Gasteiger partial charge in [-0.15, -0.1) is 0 Å². The van der Waals surface area contributed by atoms with Crippen LogP contribution in [0.25, 0.3) is 0 Å². The first kappa shape index (κ1) is 24.6. The molecule has 0 unspecified atom stereocenters. The first-order chi connectivity index (χ1) is 17.1. The van der Waals surface area contributed by atoms with Gasteiger partial charge in [-0.25, -0.2) is 9.97 Å². The van der Waals surface area contributed by atoms with Crippen molar-refractivity contribution in [3.8, 4) is 17.2 Å². The number of ether oxygens (including phenoxy) is 2. The van der Waals surface area contributed by atoms with Crippen LogP contribution in [-0.4, -0.2) is 63.8 Å². The summed E-state index contributed by atoms with van der Waals surface area (Å²) in [5, 5.41) is 5.44. The Hall–Kier alpha value is -4.54. The number of hydrogen-bond acceptors (Lipinski definition) is 8. The Bertz CT molecular complexity index is 1290. The molecular weight excluding hydrogens is 464 g/mol. The summed E-state index contributed by atoms with van der Waals surface area (Å²) in [6, 6.07) is 7.78. The maximum absolute atomic E-state index is 13.0. The second-order valence-electron chi connectivity index (χ2n) is 8.71. The zero-order valence-corrected chi connectivity index (χ0v) is 20.4. The fourth-order valence-corrected chi connectivity index (χ4v) is 3.47. The highest BCUT2D eigenvalue weighted by Gasteiger charge is 2.40. The van der Waals surface area contributed by atoms with Gasteiger partial charge in [0.05, 0.1) is 24.3 Å². The van der Waals surface area contributed by atoms with Crippen LogP contribution < -0.4 is 20.1 Å². The van der Waals surface area contributed by atoms with Gasteiger partial charge >= 0.3 is 0 Å². The molecule has 3 amide bonds. The molecule has 1 aliphatic rings. The van der Waals surface area contributed by atoms with Gasteiger partial charge in [-0.1, -0.05) is 0 Å². The van der Waals surface area contributed by atoms with E-state index < -0.39 is 11.5 Å². The molecule has 2 N–H and O–H groups in total. The molecule has 3 heterocycles. The normalized spacial score (nSPS) is 16.7. The minimum absolute atomic E-state index is 0.222. The zero-order chi connectivity index (χ0) is 25.9. The molecule has 1 saturated heterocycles. The third kappa shape index (κ3) is 5.57. The highest BCUT2D eigenvalue weighted by atomic mass is 16.5. The van der Waals surface area contributed by atoms with Crippen molar-refractivity contribution in [1.82, 2.24) is 25.2 Å². The van der Waals surface area contributed by atoms with Gasteiger partial charge in [-0.2, -0.15) is 0 Å². The van der Waals surface area contributed by atoms with Crippen molar-refractivity contribution in [2.45, 2.75) is 25.9 Å². The van der Waals surface area contributed by atoms with Crippen molar-refractivity contribution in [2.75, 3.05) is 26.0 Å². The summed E-state index contributed by atoms with van der Waals surface area (Å²) < 4.78 is 11.9. The Morgan fingerprint density at radius 2 is 1.81 bits per heavy atom. The second-order valence-corrected chi connectivity index (χ2v) is 8.71. The molecule has 3 aromatic rings. The third-order valence-electron chi connectivity index (χ3n) is 5.47. The summed E-state index contributed by atoms with van der Waals surface area (Å²) in [6.45, 7) is 3.98. The zero-order valence-electron chi connectivity index (χ0n) is 20.4. The van der Waals surface area contributed by atoms with Crippen molar-refractivity contribution < 1.29 is 23.9 Å². The van der Waals surface area contributed by atoms with E-state index in [0.29, 0.717) is 24.4 Å². The topological polar surface area (TPSA) is 136 Å². The van der Waals surface area contributed by atoms with Crippen molar-refractivity contribution in [1.29, 1.82) is 0 Å². The molecule has 0 radical (unpaired) electrons. The lowest BCUT2D eigenvalue weighted by atomic mass is 10.1. The van der Waals surface area contributed by atoms with Gasteiger partial charge in [0.15, 0.2) is 11.4 Å². The van der Waals surface area contributed by atoms with Crippen LogP contribution in [0.5, 0.6) is 17.2 Å². The molecule has 1 fully saturated rings. The number of aryl methyl sites for hydroxylation is 1. The van der Waals surface area contributed by atoms with Crippen molar-refractivity contribution in [3.05, 3.63) is 65.9 Å². The largest absolute Gasteiger partial charge is 0.478 e. The highest BCUT2D eigenvalue weighted by Crippen LogP contribution is 2.31. The molecular formula is C25H26N6O5. The monoisotopic (exact) mass is 490 g/mol. The van der Waals surface area contributed by atoms with E-state index in [-0.39, 0.29) is 40.4 Å². The molecule has 11 heteroatoms. The lowest BCUT2D eigenvalue weighted by Gasteiger charge is -2.23. The van der Waals surface area contributed by atoms with Gasteiger partial charge in [0.2, 0.25) is 0 Å². The lowest BCUT2D eigenvalue weighted by Crippen LogP contribution is -2.40. The molecule has 0 aliphatic carbocycles. The molecule has 0 saturated carbocycles. The Morgan fingerprint density at radius 3 is 2.42 bits per heavy atom. The van der Waals surface area contributed by atoms with E-state index >= 15 is 0 Å². The predicted octanol–water partition coefficient (Wildman–Crippen LogP) is 2.58. The summed E-state index contributed by atoms with van der Waals surface area (Å²) in [5.74, 6) is 0.255. The fraction of sp³-hybridized carbons (Fsp3) is 0.280. The third-order valence-corrected chi connectivity index (χ3v) is 5.47. The molecule has 4 rings (SSSR count). The Morgan fingerprint density at radius 1 is 1.03 bits per heavy atom. The molecule has 1 aliphatic heterocycles. The number of nitrogens with zero attached hydrogens (tertiary/aromatic N) is 4. The summed E-state index contributed by atoms with van der Waals surface area (Å²) in [6.07, 6.45) is 4.89. The van der Waals surface area contributed by atoms with Crippen molar-refractivity contribution >= 4 is 23.5 Å². The maximum Gasteiger partial charge on any atom is 0.271 e. The van der Waals surface area contributed by atoms with Crippen LogP contribution in [0, 0.1) is 6.92 Å². The van der Waals surface area contributed by atoms with Gasteiger partial charge in [0.25, 0.3) is 17.7 Å². The van der Waals surface area contributed by atoms with Crippen molar-refractivity contribution in [2.24, 2.45) is 0 Å². The number of anilines is 1. The van der Waals surface area contributed by atoms with Gasteiger partial charge < -0.3 is 25.0 Å². The van der Waals surface area contributed by atoms with Crippen LogP contribution >= 0.6 is 0 Å². The van der Waals surface area contributed by atoms with E-state index in [1.54, 1.807) is 52.3 Å². The quantitative estimate of drug-likeness (QED) is 0.516.